The fourth-order valence-corrected chi connectivity index (χ4v) is 7.91. The third-order valence-electron chi connectivity index (χ3n) is 10.1. The molecular weight excluding hydrogens is 637 g/mol. The van der Waals surface area contributed by atoms with E-state index in [9.17, 15) is 0 Å². The summed E-state index contributed by atoms with van der Waals surface area (Å²) in [6.07, 6.45) is 1.87. The predicted octanol–water partition coefficient (Wildman–Crippen LogP) is 11.1. The highest BCUT2D eigenvalue weighted by Crippen LogP contribution is 2.45. The fraction of sp³-hybridized carbons (Fsp3) is 0. The number of hydrogen-bond donors (Lipinski definition) is 0. The van der Waals surface area contributed by atoms with Gasteiger partial charge in [0.2, 0.25) is 0 Å². The van der Waals surface area contributed by atoms with Crippen LogP contribution in [0.25, 0.3) is 100 Å². The molecule has 0 fully saturated rings. The Morgan fingerprint density at radius 2 is 1.02 bits per heavy atom. The Morgan fingerprint density at radius 1 is 0.385 bits per heavy atom. The smallest absolute Gasteiger partial charge is 0.164 e. The standard InChI is InChI=1S/C46H28N6/c1-3-13-30(14-4-1)44-48-45(31-15-5-2-6-16-31)50-46(49-44)33-18-11-19-34(27-33)51-38-22-12-17-29-24-25-32-28-36-35-20-7-8-21-37(35)52(39-23-9-10-26-47-39)42(36)43(51)41(32)40(29)38/h1-28H. The molecule has 6 nitrogen and oxygen atoms in total. The Hall–Kier alpha value is -7.18. The van der Waals surface area contributed by atoms with Gasteiger partial charge in [-0.1, -0.05) is 121 Å². The van der Waals surface area contributed by atoms with E-state index in [1.54, 1.807) is 0 Å². The van der Waals surface area contributed by atoms with Crippen molar-refractivity contribution in [1.29, 1.82) is 0 Å². The minimum Gasteiger partial charge on any atom is -0.307 e. The zero-order valence-corrected chi connectivity index (χ0v) is 27.8. The van der Waals surface area contributed by atoms with Gasteiger partial charge in [-0.15, -0.1) is 0 Å². The van der Waals surface area contributed by atoms with Gasteiger partial charge in [-0.2, -0.15) is 0 Å². The first-order valence-corrected chi connectivity index (χ1v) is 17.4. The summed E-state index contributed by atoms with van der Waals surface area (Å²) in [4.78, 5) is 19.9. The molecule has 4 heterocycles. The molecule has 0 atom stereocenters. The van der Waals surface area contributed by atoms with Crippen LogP contribution in [0.1, 0.15) is 0 Å². The molecule has 0 aliphatic carbocycles. The van der Waals surface area contributed by atoms with E-state index in [0.717, 1.165) is 50.3 Å². The second-order valence-electron chi connectivity index (χ2n) is 13.1. The lowest BCUT2D eigenvalue weighted by molar-refractivity contribution is 1.07. The maximum absolute atomic E-state index is 5.06. The van der Waals surface area contributed by atoms with Gasteiger partial charge >= 0.3 is 0 Å². The van der Waals surface area contributed by atoms with Crippen molar-refractivity contribution >= 4 is 54.4 Å². The van der Waals surface area contributed by atoms with Crippen LogP contribution in [-0.2, 0) is 0 Å². The summed E-state index contributed by atoms with van der Waals surface area (Å²) in [6, 6.07) is 57.0. The van der Waals surface area contributed by atoms with E-state index < -0.39 is 0 Å². The third kappa shape index (κ3) is 4.25. The van der Waals surface area contributed by atoms with Crippen LogP contribution in [0.4, 0.5) is 0 Å². The Bertz CT molecular complexity index is 3050. The lowest BCUT2D eigenvalue weighted by Crippen LogP contribution is -2.02. The molecule has 0 radical (unpaired) electrons. The predicted molar refractivity (Wildman–Crippen MR) is 211 cm³/mol. The van der Waals surface area contributed by atoms with Gasteiger partial charge in [-0.3, -0.25) is 4.57 Å². The van der Waals surface area contributed by atoms with Gasteiger partial charge in [-0.25, -0.2) is 19.9 Å². The van der Waals surface area contributed by atoms with Crippen molar-refractivity contribution in [2.24, 2.45) is 0 Å². The highest BCUT2D eigenvalue weighted by atomic mass is 15.1. The number of benzene rings is 7. The van der Waals surface area contributed by atoms with Crippen LogP contribution >= 0.6 is 0 Å². The SMILES string of the molecule is c1ccc(-c2nc(-c3ccccc3)nc(-c3cccc(-n4c5cccc6ccc7cc8c9ccccc9n(-c9ccccn9)c8c4c7c65)c3)n2)cc1. The summed E-state index contributed by atoms with van der Waals surface area (Å²) < 4.78 is 4.75. The monoisotopic (exact) mass is 664 g/mol. The summed E-state index contributed by atoms with van der Waals surface area (Å²) in [7, 11) is 0. The van der Waals surface area contributed by atoms with Gasteiger partial charge in [0.25, 0.3) is 0 Å². The third-order valence-corrected chi connectivity index (χ3v) is 10.1. The first kappa shape index (κ1) is 28.6. The quantitative estimate of drug-likeness (QED) is 0.172. The second-order valence-corrected chi connectivity index (χ2v) is 13.1. The van der Waals surface area contributed by atoms with Crippen LogP contribution in [-0.4, -0.2) is 29.1 Å². The maximum atomic E-state index is 5.06. The van der Waals surface area contributed by atoms with E-state index >= 15 is 0 Å². The van der Waals surface area contributed by atoms with Crippen LogP contribution in [0.5, 0.6) is 0 Å². The minimum absolute atomic E-state index is 0.621. The molecule has 52 heavy (non-hydrogen) atoms. The van der Waals surface area contributed by atoms with Gasteiger partial charge in [-0.05, 0) is 53.2 Å². The summed E-state index contributed by atoms with van der Waals surface area (Å²) in [6.45, 7) is 0. The zero-order chi connectivity index (χ0) is 34.2. The van der Waals surface area contributed by atoms with Crippen molar-refractivity contribution in [2.75, 3.05) is 0 Å². The van der Waals surface area contributed by atoms with Crippen LogP contribution < -0.4 is 0 Å². The van der Waals surface area contributed by atoms with E-state index in [4.69, 9.17) is 19.9 Å². The van der Waals surface area contributed by atoms with Gasteiger partial charge in [0.1, 0.15) is 5.82 Å². The van der Waals surface area contributed by atoms with Crippen LogP contribution in [0, 0.1) is 0 Å². The molecular formula is C46H28N6. The lowest BCUT2D eigenvalue weighted by atomic mass is 10.00. The van der Waals surface area contributed by atoms with E-state index in [2.05, 4.69) is 106 Å². The Kier molecular flexibility index (Phi) is 6.15. The number of aromatic nitrogens is 6. The molecule has 0 saturated heterocycles. The molecule has 0 spiro atoms. The highest BCUT2D eigenvalue weighted by molar-refractivity contribution is 6.32. The molecule has 0 bridgehead atoms. The van der Waals surface area contributed by atoms with Crippen molar-refractivity contribution in [3.05, 3.63) is 170 Å². The van der Waals surface area contributed by atoms with Crippen molar-refractivity contribution in [2.45, 2.75) is 0 Å². The van der Waals surface area contributed by atoms with Gasteiger partial charge in [0.15, 0.2) is 17.5 Å². The van der Waals surface area contributed by atoms with E-state index in [1.165, 1.54) is 32.3 Å². The topological polar surface area (TPSA) is 61.4 Å². The highest BCUT2D eigenvalue weighted by Gasteiger charge is 2.24. The molecule has 0 saturated carbocycles. The maximum Gasteiger partial charge on any atom is 0.164 e. The molecule has 7 aromatic carbocycles. The van der Waals surface area contributed by atoms with Crippen LogP contribution in [0.3, 0.4) is 0 Å². The average molecular weight is 665 g/mol. The first-order chi connectivity index (χ1) is 25.8. The van der Waals surface area contributed by atoms with Gasteiger partial charge < -0.3 is 4.57 Å². The number of para-hydroxylation sites is 1. The first-order valence-electron chi connectivity index (χ1n) is 17.4. The normalized spacial score (nSPS) is 11.8. The van der Waals surface area contributed by atoms with Gasteiger partial charge in [0, 0.05) is 50.1 Å². The summed E-state index contributed by atoms with van der Waals surface area (Å²) in [5, 5.41) is 7.29. The average Bonchev–Trinajstić information content (AvgIpc) is 3.75. The van der Waals surface area contributed by atoms with Crippen molar-refractivity contribution in [1.82, 2.24) is 29.1 Å². The molecule has 0 unspecified atom stereocenters. The number of rotatable bonds is 5. The number of hydrogen-bond acceptors (Lipinski definition) is 4. The van der Waals surface area contributed by atoms with E-state index in [-0.39, 0.29) is 0 Å². The molecule has 0 amide bonds. The zero-order valence-electron chi connectivity index (χ0n) is 27.8. The molecule has 11 rings (SSSR count). The summed E-state index contributed by atoms with van der Waals surface area (Å²) in [5.74, 6) is 2.78. The van der Waals surface area contributed by atoms with Crippen molar-refractivity contribution in [3.63, 3.8) is 0 Å². The van der Waals surface area contributed by atoms with Crippen LogP contribution in [0.2, 0.25) is 0 Å². The molecule has 242 valence electrons. The second kappa shape index (κ2) is 11.2. The summed E-state index contributed by atoms with van der Waals surface area (Å²) >= 11 is 0. The molecule has 4 aromatic heterocycles. The molecule has 0 aliphatic rings. The van der Waals surface area contributed by atoms with Crippen LogP contribution in [0.15, 0.2) is 170 Å². The van der Waals surface area contributed by atoms with Gasteiger partial charge in [0.05, 0.1) is 22.1 Å². The largest absolute Gasteiger partial charge is 0.307 e. The fourth-order valence-electron chi connectivity index (χ4n) is 7.91. The Labute approximate surface area is 298 Å². The van der Waals surface area contributed by atoms with E-state index in [0.29, 0.717) is 17.5 Å². The molecule has 0 aliphatic heterocycles. The van der Waals surface area contributed by atoms with E-state index in [1.807, 2.05) is 72.9 Å². The van der Waals surface area contributed by atoms with Crippen molar-refractivity contribution < 1.29 is 0 Å². The lowest BCUT2D eigenvalue weighted by Gasteiger charge is -2.13. The Morgan fingerprint density at radius 3 is 1.77 bits per heavy atom. The number of pyridine rings is 1. The minimum atomic E-state index is 0.621. The number of fused-ring (bicyclic) bond motifs is 4. The summed E-state index contributed by atoms with van der Waals surface area (Å²) in [5.41, 5.74) is 8.35. The molecule has 11 aromatic rings. The number of nitrogens with zero attached hydrogens (tertiary/aromatic N) is 6. The molecule has 0 N–H and O–H groups in total. The Balaban J connectivity index is 1.24. The van der Waals surface area contributed by atoms with Crippen molar-refractivity contribution in [3.8, 4) is 45.7 Å². The molecule has 6 heteroatoms.